The monoisotopic (exact) mass is 459 g/mol. The maximum atomic E-state index is 13.4. The number of aromatic nitrogens is 1. The van der Waals surface area contributed by atoms with Crippen LogP contribution in [0, 0.1) is 0 Å². The van der Waals surface area contributed by atoms with Gasteiger partial charge in [-0.25, -0.2) is 4.98 Å². The molecule has 1 heterocycles. The smallest absolute Gasteiger partial charge is 0.233 e. The fourth-order valence-corrected chi connectivity index (χ4v) is 4.67. The highest BCUT2D eigenvalue weighted by Gasteiger charge is 2.21. The van der Waals surface area contributed by atoms with E-state index in [1.807, 2.05) is 74.4 Å². The van der Waals surface area contributed by atoms with Crippen LogP contribution in [0.2, 0.25) is 0 Å². The molecule has 0 saturated heterocycles. The third kappa shape index (κ3) is 5.59. The Morgan fingerprint density at radius 1 is 0.909 bits per heavy atom. The number of likely N-dealkylation sites (N-methyl/N-ethyl adjacent to an activating group) is 1. The van der Waals surface area contributed by atoms with Crippen molar-refractivity contribution in [1.29, 1.82) is 0 Å². The summed E-state index contributed by atoms with van der Waals surface area (Å²) in [4.78, 5) is 22.1. The standard InChI is InChI=1S/C27H29N3O2S/c1-4-32-23-11-8-12-24-26(23)28-27(33-24)30(18-17-29(2)3)25(31)19-20-13-15-22(16-14-20)21-9-6-5-7-10-21/h5-16H,4,17-19H2,1-3H3. The van der Waals surface area contributed by atoms with Crippen molar-refractivity contribution in [2.24, 2.45) is 0 Å². The number of ether oxygens (including phenoxy) is 1. The molecule has 3 aromatic carbocycles. The molecule has 6 heteroatoms. The second kappa shape index (κ2) is 10.6. The van der Waals surface area contributed by atoms with Crippen LogP contribution >= 0.6 is 11.3 Å². The number of anilines is 1. The fraction of sp³-hybridized carbons (Fsp3) is 0.259. The van der Waals surface area contributed by atoms with Gasteiger partial charge in [0.1, 0.15) is 11.3 Å². The van der Waals surface area contributed by atoms with Crippen molar-refractivity contribution in [2.45, 2.75) is 13.3 Å². The van der Waals surface area contributed by atoms with E-state index in [1.54, 1.807) is 0 Å². The van der Waals surface area contributed by atoms with E-state index in [9.17, 15) is 4.79 Å². The van der Waals surface area contributed by atoms with Gasteiger partial charge in [0.25, 0.3) is 0 Å². The predicted molar refractivity (Wildman–Crippen MR) is 137 cm³/mol. The lowest BCUT2D eigenvalue weighted by atomic mass is 10.0. The van der Waals surface area contributed by atoms with Gasteiger partial charge in [0.15, 0.2) is 5.13 Å². The topological polar surface area (TPSA) is 45.7 Å². The summed E-state index contributed by atoms with van der Waals surface area (Å²) in [7, 11) is 4.02. The lowest BCUT2D eigenvalue weighted by molar-refractivity contribution is -0.118. The summed E-state index contributed by atoms with van der Waals surface area (Å²) < 4.78 is 6.77. The van der Waals surface area contributed by atoms with Crippen molar-refractivity contribution in [1.82, 2.24) is 9.88 Å². The van der Waals surface area contributed by atoms with Crippen LogP contribution in [-0.2, 0) is 11.2 Å². The van der Waals surface area contributed by atoms with Gasteiger partial charge in [-0.2, -0.15) is 0 Å². The van der Waals surface area contributed by atoms with E-state index in [2.05, 4.69) is 29.2 Å². The number of amides is 1. The summed E-state index contributed by atoms with van der Waals surface area (Å²) in [6.45, 7) is 3.88. The van der Waals surface area contributed by atoms with Gasteiger partial charge >= 0.3 is 0 Å². The normalized spacial score (nSPS) is 11.2. The molecule has 0 unspecified atom stereocenters. The summed E-state index contributed by atoms with van der Waals surface area (Å²) in [6, 6.07) is 24.4. The number of carbonyl (C=O) groups is 1. The number of thiazole rings is 1. The SMILES string of the molecule is CCOc1cccc2sc(N(CCN(C)C)C(=O)Cc3ccc(-c4ccccc4)cc3)nc12. The van der Waals surface area contributed by atoms with Gasteiger partial charge in [-0.05, 0) is 49.8 Å². The average molecular weight is 460 g/mol. The number of para-hydroxylation sites is 1. The first-order valence-corrected chi connectivity index (χ1v) is 12.0. The van der Waals surface area contributed by atoms with Gasteiger partial charge < -0.3 is 9.64 Å². The molecule has 0 spiro atoms. The highest BCUT2D eigenvalue weighted by atomic mass is 32.1. The largest absolute Gasteiger partial charge is 0.492 e. The fourth-order valence-electron chi connectivity index (χ4n) is 3.64. The molecule has 0 saturated carbocycles. The molecule has 0 bridgehead atoms. The van der Waals surface area contributed by atoms with Gasteiger partial charge in [-0.1, -0.05) is 72.0 Å². The molecule has 0 aliphatic rings. The van der Waals surface area contributed by atoms with Crippen LogP contribution in [0.15, 0.2) is 72.8 Å². The Hall–Kier alpha value is -3.22. The number of carbonyl (C=O) groups excluding carboxylic acids is 1. The molecule has 0 radical (unpaired) electrons. The van der Waals surface area contributed by atoms with Gasteiger partial charge in [0.2, 0.25) is 5.91 Å². The molecule has 0 fully saturated rings. The molecule has 0 aliphatic heterocycles. The molecular formula is C27H29N3O2S. The molecule has 1 amide bonds. The van der Waals surface area contributed by atoms with Crippen LogP contribution in [0.1, 0.15) is 12.5 Å². The van der Waals surface area contributed by atoms with Crippen molar-refractivity contribution in [3.63, 3.8) is 0 Å². The minimum absolute atomic E-state index is 0.0429. The molecule has 4 rings (SSSR count). The van der Waals surface area contributed by atoms with E-state index in [0.717, 1.165) is 33.6 Å². The van der Waals surface area contributed by atoms with E-state index in [4.69, 9.17) is 9.72 Å². The summed E-state index contributed by atoms with van der Waals surface area (Å²) in [5.74, 6) is 0.801. The van der Waals surface area contributed by atoms with Crippen LogP contribution in [0.25, 0.3) is 21.3 Å². The highest BCUT2D eigenvalue weighted by molar-refractivity contribution is 7.22. The van der Waals surface area contributed by atoms with E-state index < -0.39 is 0 Å². The summed E-state index contributed by atoms with van der Waals surface area (Å²) in [5, 5.41) is 0.713. The van der Waals surface area contributed by atoms with Crippen molar-refractivity contribution in [2.75, 3.05) is 38.7 Å². The Morgan fingerprint density at radius 3 is 2.33 bits per heavy atom. The van der Waals surface area contributed by atoms with Crippen molar-refractivity contribution < 1.29 is 9.53 Å². The second-order valence-corrected chi connectivity index (χ2v) is 9.13. The number of hydrogen-bond donors (Lipinski definition) is 0. The van der Waals surface area contributed by atoms with Crippen LogP contribution < -0.4 is 9.64 Å². The van der Waals surface area contributed by atoms with Crippen LogP contribution in [-0.4, -0.2) is 49.6 Å². The van der Waals surface area contributed by atoms with E-state index in [0.29, 0.717) is 24.7 Å². The van der Waals surface area contributed by atoms with Crippen LogP contribution in [0.5, 0.6) is 5.75 Å². The van der Waals surface area contributed by atoms with Crippen molar-refractivity contribution in [3.05, 3.63) is 78.4 Å². The number of hydrogen-bond acceptors (Lipinski definition) is 5. The molecule has 0 aliphatic carbocycles. The maximum absolute atomic E-state index is 13.4. The Morgan fingerprint density at radius 2 is 1.64 bits per heavy atom. The molecule has 4 aromatic rings. The Kier molecular flexibility index (Phi) is 7.37. The molecular weight excluding hydrogens is 430 g/mol. The zero-order chi connectivity index (χ0) is 23.2. The zero-order valence-corrected chi connectivity index (χ0v) is 20.1. The van der Waals surface area contributed by atoms with Crippen molar-refractivity contribution >= 4 is 32.6 Å². The molecule has 33 heavy (non-hydrogen) atoms. The minimum Gasteiger partial charge on any atom is -0.492 e. The maximum Gasteiger partial charge on any atom is 0.233 e. The minimum atomic E-state index is 0.0429. The number of benzene rings is 3. The first-order chi connectivity index (χ1) is 16.0. The molecule has 0 N–H and O–H groups in total. The number of fused-ring (bicyclic) bond motifs is 1. The zero-order valence-electron chi connectivity index (χ0n) is 19.3. The Balaban J connectivity index is 1.57. The molecule has 5 nitrogen and oxygen atoms in total. The van der Waals surface area contributed by atoms with Gasteiger partial charge in [-0.15, -0.1) is 0 Å². The third-order valence-corrected chi connectivity index (χ3v) is 6.43. The van der Waals surface area contributed by atoms with Gasteiger partial charge in [-0.3, -0.25) is 9.69 Å². The van der Waals surface area contributed by atoms with E-state index >= 15 is 0 Å². The highest BCUT2D eigenvalue weighted by Crippen LogP contribution is 2.34. The van der Waals surface area contributed by atoms with Crippen LogP contribution in [0.3, 0.4) is 0 Å². The summed E-state index contributed by atoms with van der Waals surface area (Å²) in [6.07, 6.45) is 0.330. The van der Waals surface area contributed by atoms with E-state index in [1.165, 1.54) is 16.9 Å². The first kappa shape index (κ1) is 23.0. The van der Waals surface area contributed by atoms with Crippen LogP contribution in [0.4, 0.5) is 5.13 Å². The molecule has 170 valence electrons. The average Bonchev–Trinajstić information content (AvgIpc) is 3.25. The van der Waals surface area contributed by atoms with Gasteiger partial charge in [0.05, 0.1) is 17.7 Å². The molecule has 1 aromatic heterocycles. The predicted octanol–water partition coefficient (Wildman–Crippen LogP) is 5.50. The summed E-state index contributed by atoms with van der Waals surface area (Å²) >= 11 is 1.53. The van der Waals surface area contributed by atoms with Crippen molar-refractivity contribution in [3.8, 4) is 16.9 Å². The Labute approximate surface area is 199 Å². The van der Waals surface area contributed by atoms with E-state index in [-0.39, 0.29) is 5.91 Å². The summed E-state index contributed by atoms with van der Waals surface area (Å²) in [5.41, 5.74) is 4.12. The second-order valence-electron chi connectivity index (χ2n) is 8.12. The molecule has 0 atom stereocenters. The Bertz CT molecular complexity index is 1200. The lowest BCUT2D eigenvalue weighted by Crippen LogP contribution is -2.37. The number of nitrogens with zero attached hydrogens (tertiary/aromatic N) is 3. The first-order valence-electron chi connectivity index (χ1n) is 11.2. The quantitative estimate of drug-likeness (QED) is 0.332. The number of rotatable bonds is 9. The lowest BCUT2D eigenvalue weighted by Gasteiger charge is -2.22. The third-order valence-electron chi connectivity index (χ3n) is 5.39. The van der Waals surface area contributed by atoms with Gasteiger partial charge in [0, 0.05) is 13.1 Å².